The first-order chi connectivity index (χ1) is 11.6. The highest BCUT2D eigenvalue weighted by Gasteiger charge is 2.49. The fourth-order valence-corrected chi connectivity index (χ4v) is 3.75. The minimum Gasteiger partial charge on any atom is -0.383 e. The van der Waals surface area contributed by atoms with E-state index in [1.165, 1.54) is 6.33 Å². The molecule has 0 aliphatic carbocycles. The van der Waals surface area contributed by atoms with Crippen LogP contribution in [0.5, 0.6) is 0 Å². The lowest BCUT2D eigenvalue weighted by atomic mass is 9.78. The Labute approximate surface area is 141 Å². The van der Waals surface area contributed by atoms with Gasteiger partial charge in [0.15, 0.2) is 0 Å². The second-order valence-corrected chi connectivity index (χ2v) is 6.64. The van der Waals surface area contributed by atoms with Gasteiger partial charge in [-0.25, -0.2) is 4.98 Å². The molecule has 3 heterocycles. The van der Waals surface area contributed by atoms with E-state index < -0.39 is 0 Å². The molecule has 1 spiro atoms. The van der Waals surface area contributed by atoms with Crippen LogP contribution in [0.4, 0.5) is 0 Å². The summed E-state index contributed by atoms with van der Waals surface area (Å²) in [6.07, 6.45) is 6.10. The summed E-state index contributed by atoms with van der Waals surface area (Å²) in [7, 11) is 1.65. The van der Waals surface area contributed by atoms with Gasteiger partial charge in [0.05, 0.1) is 18.6 Å². The maximum Gasteiger partial charge on any atom is 0.230 e. The van der Waals surface area contributed by atoms with Gasteiger partial charge in [-0.2, -0.15) is 5.10 Å². The van der Waals surface area contributed by atoms with Gasteiger partial charge >= 0.3 is 0 Å². The van der Waals surface area contributed by atoms with Crippen molar-refractivity contribution >= 4 is 11.8 Å². The van der Waals surface area contributed by atoms with E-state index in [2.05, 4.69) is 10.1 Å². The first-order valence-corrected chi connectivity index (χ1v) is 8.53. The van der Waals surface area contributed by atoms with Crippen LogP contribution in [0.25, 0.3) is 0 Å². The lowest BCUT2D eigenvalue weighted by Gasteiger charge is -2.39. The summed E-state index contributed by atoms with van der Waals surface area (Å²) >= 11 is 0. The number of carbonyl (C=O) groups excluding carboxylic acids is 2. The molecule has 0 radical (unpaired) electrons. The van der Waals surface area contributed by atoms with E-state index in [9.17, 15) is 9.59 Å². The van der Waals surface area contributed by atoms with Gasteiger partial charge in [0.1, 0.15) is 12.7 Å². The first kappa shape index (κ1) is 16.9. The summed E-state index contributed by atoms with van der Waals surface area (Å²) in [5.41, 5.74) is -0.380. The highest BCUT2D eigenvalue weighted by Crippen LogP contribution is 2.40. The summed E-state index contributed by atoms with van der Waals surface area (Å²) in [6, 6.07) is 0. The molecule has 8 nitrogen and oxygen atoms in total. The fourth-order valence-electron chi connectivity index (χ4n) is 3.75. The number of ether oxygens (including phenoxy) is 1. The molecule has 0 N–H and O–H groups in total. The third-order valence-electron chi connectivity index (χ3n) is 5.12. The number of nitrogens with zero attached hydrogens (tertiary/aromatic N) is 5. The molecule has 0 aromatic carbocycles. The summed E-state index contributed by atoms with van der Waals surface area (Å²) in [6.45, 7) is 3.73. The van der Waals surface area contributed by atoms with Crippen molar-refractivity contribution in [2.24, 2.45) is 5.41 Å². The van der Waals surface area contributed by atoms with E-state index in [0.29, 0.717) is 39.2 Å². The minimum absolute atomic E-state index is 0.0872. The number of amides is 2. The van der Waals surface area contributed by atoms with Gasteiger partial charge < -0.3 is 14.5 Å². The van der Waals surface area contributed by atoms with Gasteiger partial charge in [-0.15, -0.1) is 0 Å². The van der Waals surface area contributed by atoms with E-state index in [4.69, 9.17) is 4.74 Å². The number of piperidine rings is 1. The van der Waals surface area contributed by atoms with Gasteiger partial charge in [0.25, 0.3) is 0 Å². The quantitative estimate of drug-likeness (QED) is 0.739. The highest BCUT2D eigenvalue weighted by atomic mass is 16.5. The Bertz CT molecular complexity index is 576. The molecule has 1 aromatic heterocycles. The molecule has 0 saturated carbocycles. The van der Waals surface area contributed by atoms with Crippen molar-refractivity contribution in [2.45, 2.75) is 32.2 Å². The van der Waals surface area contributed by atoms with Gasteiger partial charge in [-0.3, -0.25) is 14.3 Å². The van der Waals surface area contributed by atoms with E-state index in [0.717, 1.165) is 25.8 Å². The van der Waals surface area contributed by atoms with E-state index in [1.54, 1.807) is 18.1 Å². The number of carbonyl (C=O) groups is 2. The molecule has 2 aliphatic heterocycles. The molecule has 24 heavy (non-hydrogen) atoms. The predicted molar refractivity (Wildman–Crippen MR) is 86.0 cm³/mol. The zero-order valence-corrected chi connectivity index (χ0v) is 14.2. The van der Waals surface area contributed by atoms with Crippen molar-refractivity contribution in [1.82, 2.24) is 24.6 Å². The normalized spacial score (nSPS) is 24.1. The number of hydrogen-bond donors (Lipinski definition) is 0. The zero-order valence-electron chi connectivity index (χ0n) is 14.2. The number of aromatic nitrogens is 3. The van der Waals surface area contributed by atoms with E-state index in [1.807, 2.05) is 9.80 Å². The first-order valence-electron chi connectivity index (χ1n) is 8.53. The lowest BCUT2D eigenvalue weighted by Crippen LogP contribution is -2.51. The van der Waals surface area contributed by atoms with Crippen molar-refractivity contribution in [3.05, 3.63) is 12.7 Å². The van der Waals surface area contributed by atoms with Crippen molar-refractivity contribution in [1.29, 1.82) is 0 Å². The monoisotopic (exact) mass is 335 g/mol. The molecular weight excluding hydrogens is 310 g/mol. The van der Waals surface area contributed by atoms with Gasteiger partial charge in [-0.05, 0) is 19.3 Å². The molecule has 1 aromatic rings. The molecule has 8 heteroatoms. The molecule has 1 unspecified atom stereocenters. The van der Waals surface area contributed by atoms with Crippen molar-refractivity contribution in [3.63, 3.8) is 0 Å². The smallest absolute Gasteiger partial charge is 0.230 e. The number of hydrogen-bond acceptors (Lipinski definition) is 5. The van der Waals surface area contributed by atoms with Gasteiger partial charge in [-0.1, -0.05) is 0 Å². The zero-order chi connectivity index (χ0) is 17.0. The summed E-state index contributed by atoms with van der Waals surface area (Å²) in [5.74, 6) is 0.279. The third kappa shape index (κ3) is 3.43. The topological polar surface area (TPSA) is 80.6 Å². The molecule has 2 fully saturated rings. The average molecular weight is 335 g/mol. The Hall–Kier alpha value is -1.96. The lowest BCUT2D eigenvalue weighted by molar-refractivity contribution is -0.146. The Morgan fingerprint density at radius 1 is 1.33 bits per heavy atom. The maximum absolute atomic E-state index is 12.9. The van der Waals surface area contributed by atoms with Crippen LogP contribution < -0.4 is 0 Å². The number of likely N-dealkylation sites (tertiary alicyclic amines) is 2. The minimum atomic E-state index is -0.380. The Morgan fingerprint density at radius 3 is 2.96 bits per heavy atom. The van der Waals surface area contributed by atoms with Crippen LogP contribution in [-0.2, 0) is 20.9 Å². The summed E-state index contributed by atoms with van der Waals surface area (Å²) < 4.78 is 6.75. The van der Waals surface area contributed by atoms with Crippen LogP contribution in [0.1, 0.15) is 25.7 Å². The molecule has 132 valence electrons. The van der Waals surface area contributed by atoms with Crippen LogP contribution in [0.15, 0.2) is 12.7 Å². The molecule has 2 amide bonds. The van der Waals surface area contributed by atoms with Crippen molar-refractivity contribution < 1.29 is 14.3 Å². The molecule has 1 atom stereocenters. The van der Waals surface area contributed by atoms with Crippen molar-refractivity contribution in [3.8, 4) is 0 Å². The van der Waals surface area contributed by atoms with Gasteiger partial charge in [0.2, 0.25) is 11.8 Å². The third-order valence-corrected chi connectivity index (χ3v) is 5.12. The summed E-state index contributed by atoms with van der Waals surface area (Å²) in [4.78, 5) is 32.9. The number of methoxy groups -OCH3 is 1. The van der Waals surface area contributed by atoms with Crippen LogP contribution in [0, 0.1) is 5.41 Å². The van der Waals surface area contributed by atoms with Crippen LogP contribution in [0.3, 0.4) is 0 Å². The molecule has 2 aliphatic rings. The molecule has 2 saturated heterocycles. The summed E-state index contributed by atoms with van der Waals surface area (Å²) in [5, 5.41) is 4.01. The van der Waals surface area contributed by atoms with Gasteiger partial charge in [0, 0.05) is 39.7 Å². The molecule has 0 bridgehead atoms. The molecular formula is C16H25N5O3. The van der Waals surface area contributed by atoms with Crippen molar-refractivity contribution in [2.75, 3.05) is 39.9 Å². The Balaban J connectivity index is 1.56. The van der Waals surface area contributed by atoms with Crippen LogP contribution >= 0.6 is 0 Å². The molecule has 3 rings (SSSR count). The number of aryl methyl sites for hydroxylation is 1. The second kappa shape index (κ2) is 7.29. The predicted octanol–water partition coefficient (Wildman–Crippen LogP) is 0.156. The van der Waals surface area contributed by atoms with E-state index in [-0.39, 0.29) is 17.2 Å². The van der Waals surface area contributed by atoms with Crippen LogP contribution in [-0.4, -0.2) is 76.3 Å². The maximum atomic E-state index is 12.9. The standard InChI is InChI=1S/C16H25N5O3/c1-24-10-9-19-6-2-4-16(15(19)23)5-8-20(11-16)14(22)3-7-21-13-17-12-18-21/h12-13H,2-11H2,1H3. The van der Waals surface area contributed by atoms with E-state index >= 15 is 0 Å². The number of rotatable bonds is 6. The Morgan fingerprint density at radius 2 is 2.21 bits per heavy atom. The fraction of sp³-hybridized carbons (Fsp3) is 0.750. The second-order valence-electron chi connectivity index (χ2n) is 6.64. The average Bonchev–Trinajstić information content (AvgIpc) is 3.25. The van der Waals surface area contributed by atoms with Crippen LogP contribution in [0.2, 0.25) is 0 Å². The Kier molecular flexibility index (Phi) is 5.13. The SMILES string of the molecule is COCCN1CCCC2(CCN(C(=O)CCn3cncn3)C2)C1=O. The highest BCUT2D eigenvalue weighted by molar-refractivity contribution is 5.86. The largest absolute Gasteiger partial charge is 0.383 e.